The van der Waals surface area contributed by atoms with E-state index in [-0.39, 0.29) is 12.4 Å². The van der Waals surface area contributed by atoms with E-state index in [1.165, 1.54) is 18.9 Å². The van der Waals surface area contributed by atoms with E-state index in [0.717, 1.165) is 12.8 Å². The lowest BCUT2D eigenvalue weighted by atomic mass is 10.1. The van der Waals surface area contributed by atoms with E-state index in [1.807, 2.05) is 0 Å². The number of nitrogens with two attached hydrogens (primary N) is 1. The molecule has 0 atom stereocenters. The zero-order valence-electron chi connectivity index (χ0n) is 10.6. The first-order valence-corrected chi connectivity index (χ1v) is 6.59. The van der Waals surface area contributed by atoms with Crippen molar-refractivity contribution in [3.8, 4) is 0 Å². The van der Waals surface area contributed by atoms with Gasteiger partial charge in [-0.15, -0.1) is 0 Å². The van der Waals surface area contributed by atoms with Gasteiger partial charge in [-0.1, -0.05) is 18.9 Å². The minimum Gasteiger partial charge on any atom is -0.399 e. The third-order valence-corrected chi connectivity index (χ3v) is 3.68. The molecule has 100 valence electrons. The number of nitrogen functional groups attached to an aromatic ring is 1. The lowest BCUT2D eigenvalue weighted by molar-refractivity contribution is 0.143. The summed E-state index contributed by atoms with van der Waals surface area (Å²) in [4.78, 5) is 2.18. The van der Waals surface area contributed by atoms with Crippen LogP contribution in [0.4, 0.5) is 10.1 Å². The van der Waals surface area contributed by atoms with Gasteiger partial charge in [0.05, 0.1) is 6.61 Å². The zero-order valence-corrected chi connectivity index (χ0v) is 10.6. The molecule has 3 nitrogen and oxygen atoms in total. The van der Waals surface area contributed by atoms with Crippen molar-refractivity contribution in [2.75, 3.05) is 18.9 Å². The molecule has 1 aliphatic carbocycles. The van der Waals surface area contributed by atoms with Crippen LogP contribution in [0, 0.1) is 5.82 Å². The van der Waals surface area contributed by atoms with Crippen LogP contribution in [0.5, 0.6) is 0 Å². The van der Waals surface area contributed by atoms with E-state index in [1.54, 1.807) is 12.1 Å². The highest BCUT2D eigenvalue weighted by Gasteiger charge is 2.22. The van der Waals surface area contributed by atoms with Crippen LogP contribution >= 0.6 is 0 Å². The molecule has 18 heavy (non-hydrogen) atoms. The summed E-state index contributed by atoms with van der Waals surface area (Å²) >= 11 is 0. The molecule has 1 fully saturated rings. The molecule has 0 aromatic heterocycles. The molecular weight excluding hydrogens is 231 g/mol. The molecule has 2 rings (SSSR count). The second-order valence-electron chi connectivity index (χ2n) is 4.98. The number of anilines is 1. The van der Waals surface area contributed by atoms with E-state index in [9.17, 15) is 4.39 Å². The molecule has 0 amide bonds. The van der Waals surface area contributed by atoms with Crippen LogP contribution in [0.15, 0.2) is 18.2 Å². The van der Waals surface area contributed by atoms with Crippen LogP contribution < -0.4 is 5.73 Å². The van der Waals surface area contributed by atoms with Gasteiger partial charge in [-0.3, -0.25) is 4.90 Å². The average Bonchev–Trinajstić information content (AvgIpc) is 2.85. The lowest BCUT2D eigenvalue weighted by Crippen LogP contribution is -2.35. The van der Waals surface area contributed by atoms with Gasteiger partial charge in [-0.05, 0) is 25.0 Å². The predicted molar refractivity (Wildman–Crippen MR) is 70.6 cm³/mol. The van der Waals surface area contributed by atoms with Gasteiger partial charge >= 0.3 is 0 Å². The molecule has 3 N–H and O–H groups in total. The average molecular weight is 252 g/mol. The van der Waals surface area contributed by atoms with Gasteiger partial charge < -0.3 is 10.8 Å². The zero-order chi connectivity index (χ0) is 13.0. The molecule has 0 aliphatic heterocycles. The van der Waals surface area contributed by atoms with Crippen molar-refractivity contribution < 1.29 is 9.50 Å². The lowest BCUT2D eigenvalue weighted by Gasteiger charge is -2.28. The van der Waals surface area contributed by atoms with E-state index >= 15 is 0 Å². The van der Waals surface area contributed by atoms with E-state index in [2.05, 4.69) is 4.90 Å². The Kier molecular flexibility index (Phi) is 4.55. The highest BCUT2D eigenvalue weighted by atomic mass is 19.1. The Labute approximate surface area is 107 Å². The molecule has 0 spiro atoms. The maximum absolute atomic E-state index is 13.8. The molecule has 0 bridgehead atoms. The fourth-order valence-corrected chi connectivity index (χ4v) is 2.70. The summed E-state index contributed by atoms with van der Waals surface area (Å²) in [7, 11) is 0. The molecule has 0 saturated heterocycles. The van der Waals surface area contributed by atoms with Gasteiger partial charge in [-0.25, -0.2) is 4.39 Å². The third-order valence-electron chi connectivity index (χ3n) is 3.68. The van der Waals surface area contributed by atoms with Gasteiger partial charge in [0, 0.05) is 30.4 Å². The van der Waals surface area contributed by atoms with Crippen LogP contribution in [0.2, 0.25) is 0 Å². The van der Waals surface area contributed by atoms with Gasteiger partial charge in [0.25, 0.3) is 0 Å². The molecular formula is C14H21FN2O. The number of nitrogens with zero attached hydrogens (tertiary/aromatic N) is 1. The van der Waals surface area contributed by atoms with E-state index in [0.29, 0.717) is 30.4 Å². The molecule has 0 radical (unpaired) electrons. The van der Waals surface area contributed by atoms with Crippen molar-refractivity contribution in [2.45, 2.75) is 38.3 Å². The van der Waals surface area contributed by atoms with Crippen LogP contribution in [0.25, 0.3) is 0 Å². The summed E-state index contributed by atoms with van der Waals surface area (Å²) in [6, 6.07) is 5.31. The molecule has 1 aliphatic rings. The van der Waals surface area contributed by atoms with Gasteiger partial charge in [-0.2, -0.15) is 0 Å². The Balaban J connectivity index is 2.07. The largest absolute Gasteiger partial charge is 0.399 e. The van der Waals surface area contributed by atoms with Crippen LogP contribution in [-0.4, -0.2) is 29.2 Å². The second kappa shape index (κ2) is 6.16. The molecule has 0 unspecified atom stereocenters. The van der Waals surface area contributed by atoms with E-state index in [4.69, 9.17) is 10.8 Å². The summed E-state index contributed by atoms with van der Waals surface area (Å²) < 4.78 is 13.8. The van der Waals surface area contributed by atoms with Crippen molar-refractivity contribution in [2.24, 2.45) is 0 Å². The predicted octanol–water partition coefficient (Wildman–Crippen LogP) is 2.14. The third kappa shape index (κ3) is 3.21. The van der Waals surface area contributed by atoms with Crippen molar-refractivity contribution in [3.05, 3.63) is 29.6 Å². The van der Waals surface area contributed by atoms with Crippen molar-refractivity contribution in [3.63, 3.8) is 0 Å². The Morgan fingerprint density at radius 3 is 2.67 bits per heavy atom. The summed E-state index contributed by atoms with van der Waals surface area (Å²) in [5, 5.41) is 9.13. The number of hydrogen-bond acceptors (Lipinski definition) is 3. The molecule has 1 aromatic rings. The Morgan fingerprint density at radius 2 is 2.06 bits per heavy atom. The Hall–Kier alpha value is -1.13. The quantitative estimate of drug-likeness (QED) is 0.789. The molecule has 1 aromatic carbocycles. The van der Waals surface area contributed by atoms with Crippen LogP contribution in [-0.2, 0) is 6.54 Å². The topological polar surface area (TPSA) is 49.5 Å². The minimum absolute atomic E-state index is 0.118. The summed E-state index contributed by atoms with van der Waals surface area (Å²) in [5.74, 6) is -0.254. The van der Waals surface area contributed by atoms with Crippen LogP contribution in [0.1, 0.15) is 31.2 Å². The number of hydrogen-bond donors (Lipinski definition) is 2. The Morgan fingerprint density at radius 1 is 1.33 bits per heavy atom. The number of benzene rings is 1. The van der Waals surface area contributed by atoms with Gasteiger partial charge in [0.1, 0.15) is 5.82 Å². The van der Waals surface area contributed by atoms with Crippen molar-refractivity contribution in [1.29, 1.82) is 0 Å². The monoisotopic (exact) mass is 252 g/mol. The standard InChI is InChI=1S/C14H21FN2O/c15-14-9-12(16)6-5-11(14)10-17(7-8-18)13-3-1-2-4-13/h5-6,9,13,18H,1-4,7-8,10,16H2. The fraction of sp³-hybridized carbons (Fsp3) is 0.571. The second-order valence-corrected chi connectivity index (χ2v) is 4.98. The molecule has 4 heteroatoms. The first kappa shape index (κ1) is 13.3. The smallest absolute Gasteiger partial charge is 0.129 e. The summed E-state index contributed by atoms with van der Waals surface area (Å²) in [6.45, 7) is 1.28. The first-order valence-electron chi connectivity index (χ1n) is 6.59. The van der Waals surface area contributed by atoms with Crippen molar-refractivity contribution in [1.82, 2.24) is 4.90 Å². The minimum atomic E-state index is -0.254. The molecule has 0 heterocycles. The highest BCUT2D eigenvalue weighted by Crippen LogP contribution is 2.25. The fourth-order valence-electron chi connectivity index (χ4n) is 2.70. The Bertz CT molecular complexity index is 391. The summed E-state index contributed by atoms with van der Waals surface area (Å²) in [6.07, 6.45) is 4.76. The SMILES string of the molecule is Nc1ccc(CN(CCO)C2CCCC2)c(F)c1. The van der Waals surface area contributed by atoms with Crippen LogP contribution in [0.3, 0.4) is 0 Å². The van der Waals surface area contributed by atoms with E-state index < -0.39 is 0 Å². The number of rotatable bonds is 5. The normalized spacial score (nSPS) is 16.6. The maximum Gasteiger partial charge on any atom is 0.129 e. The first-order chi connectivity index (χ1) is 8.70. The number of halogens is 1. The van der Waals surface area contributed by atoms with Crippen molar-refractivity contribution >= 4 is 5.69 Å². The number of aliphatic hydroxyl groups is 1. The molecule has 1 saturated carbocycles. The summed E-state index contributed by atoms with van der Waals surface area (Å²) in [5.41, 5.74) is 6.65. The van der Waals surface area contributed by atoms with Gasteiger partial charge in [0.15, 0.2) is 0 Å². The highest BCUT2D eigenvalue weighted by molar-refractivity contribution is 5.40. The van der Waals surface area contributed by atoms with Gasteiger partial charge in [0.2, 0.25) is 0 Å². The maximum atomic E-state index is 13.8. The number of aliphatic hydroxyl groups excluding tert-OH is 1.